The molecule has 0 fully saturated rings. The number of halogens is 1. The maximum Gasteiger partial charge on any atom is 0.379 e. The van der Waals surface area contributed by atoms with Crippen molar-refractivity contribution in [3.63, 3.8) is 0 Å². The van der Waals surface area contributed by atoms with Crippen LogP contribution in [0, 0.1) is 0 Å². The molecule has 0 spiro atoms. The molecule has 0 bridgehead atoms. The second-order valence-electron chi connectivity index (χ2n) is 5.13. The van der Waals surface area contributed by atoms with Crippen LogP contribution in [0.2, 0.25) is 5.02 Å². The molecular formula is C16H26ClO3P. The standard InChI is InChI=1S/C16H26ClO3P/c1-3-5-7-8-13-19-21(18,14-6-4-2)20-16-11-9-15(17)10-12-16/h9-12H,3-8,13-14H2,1-2H3. The van der Waals surface area contributed by atoms with Crippen molar-refractivity contribution in [1.29, 1.82) is 0 Å². The maximum absolute atomic E-state index is 12.8. The molecule has 21 heavy (non-hydrogen) atoms. The van der Waals surface area contributed by atoms with Crippen LogP contribution >= 0.6 is 19.2 Å². The molecule has 0 aliphatic carbocycles. The van der Waals surface area contributed by atoms with Gasteiger partial charge in [0, 0.05) is 5.02 Å². The zero-order chi connectivity index (χ0) is 15.6. The van der Waals surface area contributed by atoms with Gasteiger partial charge in [0.2, 0.25) is 0 Å². The molecule has 0 radical (unpaired) electrons. The van der Waals surface area contributed by atoms with Crippen molar-refractivity contribution in [2.75, 3.05) is 12.8 Å². The van der Waals surface area contributed by atoms with Gasteiger partial charge < -0.3 is 4.52 Å². The van der Waals surface area contributed by atoms with Gasteiger partial charge in [0.25, 0.3) is 0 Å². The lowest BCUT2D eigenvalue weighted by Crippen LogP contribution is -2.04. The highest BCUT2D eigenvalue weighted by Crippen LogP contribution is 2.49. The van der Waals surface area contributed by atoms with Crippen LogP contribution in [0.15, 0.2) is 24.3 Å². The Morgan fingerprint density at radius 2 is 1.67 bits per heavy atom. The summed E-state index contributed by atoms with van der Waals surface area (Å²) in [6.07, 6.45) is 6.64. The summed E-state index contributed by atoms with van der Waals surface area (Å²) in [6.45, 7) is 4.72. The Morgan fingerprint density at radius 3 is 2.29 bits per heavy atom. The van der Waals surface area contributed by atoms with Gasteiger partial charge in [0.05, 0.1) is 12.8 Å². The van der Waals surface area contributed by atoms with Gasteiger partial charge in [-0.05, 0) is 37.1 Å². The van der Waals surface area contributed by atoms with E-state index >= 15 is 0 Å². The van der Waals surface area contributed by atoms with E-state index in [-0.39, 0.29) is 0 Å². The fraction of sp³-hybridized carbons (Fsp3) is 0.625. The molecule has 5 heteroatoms. The fourth-order valence-electron chi connectivity index (χ4n) is 1.88. The van der Waals surface area contributed by atoms with Crippen molar-refractivity contribution in [3.05, 3.63) is 29.3 Å². The zero-order valence-electron chi connectivity index (χ0n) is 13.0. The van der Waals surface area contributed by atoms with Crippen molar-refractivity contribution in [2.24, 2.45) is 0 Å². The van der Waals surface area contributed by atoms with E-state index in [0.717, 1.165) is 25.7 Å². The topological polar surface area (TPSA) is 35.5 Å². The molecule has 0 saturated carbocycles. The second-order valence-corrected chi connectivity index (χ2v) is 7.67. The molecule has 1 aromatic rings. The van der Waals surface area contributed by atoms with E-state index < -0.39 is 7.60 Å². The number of benzene rings is 1. The summed E-state index contributed by atoms with van der Waals surface area (Å²) < 4.78 is 24.0. The highest BCUT2D eigenvalue weighted by Gasteiger charge is 2.25. The van der Waals surface area contributed by atoms with Crippen LogP contribution in [0.5, 0.6) is 5.75 Å². The third-order valence-electron chi connectivity index (χ3n) is 3.13. The van der Waals surface area contributed by atoms with E-state index in [1.54, 1.807) is 24.3 Å². The van der Waals surface area contributed by atoms with Gasteiger partial charge in [-0.3, -0.25) is 4.52 Å². The smallest absolute Gasteiger partial charge is 0.379 e. The van der Waals surface area contributed by atoms with E-state index in [1.165, 1.54) is 12.8 Å². The third-order valence-corrected chi connectivity index (χ3v) is 5.31. The van der Waals surface area contributed by atoms with Crippen LogP contribution in [-0.4, -0.2) is 12.8 Å². The van der Waals surface area contributed by atoms with Crippen LogP contribution in [0.3, 0.4) is 0 Å². The minimum Gasteiger partial charge on any atom is -0.424 e. The molecule has 3 nitrogen and oxygen atoms in total. The predicted molar refractivity (Wildman–Crippen MR) is 89.6 cm³/mol. The monoisotopic (exact) mass is 332 g/mol. The lowest BCUT2D eigenvalue weighted by molar-refractivity contribution is 0.257. The fourth-order valence-corrected chi connectivity index (χ4v) is 3.83. The molecule has 1 rings (SSSR count). The lowest BCUT2D eigenvalue weighted by Gasteiger charge is -2.19. The van der Waals surface area contributed by atoms with Crippen LogP contribution in [0.1, 0.15) is 52.4 Å². The SMILES string of the molecule is CCCCCCOP(=O)(CCCC)Oc1ccc(Cl)cc1. The Morgan fingerprint density at radius 1 is 1.00 bits per heavy atom. The number of rotatable bonds is 11. The normalized spacial score (nSPS) is 13.9. The van der Waals surface area contributed by atoms with Crippen molar-refractivity contribution in [2.45, 2.75) is 52.4 Å². The summed E-state index contributed by atoms with van der Waals surface area (Å²) in [5.41, 5.74) is 0. The molecule has 1 aromatic carbocycles. The van der Waals surface area contributed by atoms with E-state index in [4.69, 9.17) is 20.6 Å². The number of hydrogen-bond donors (Lipinski definition) is 0. The molecule has 0 saturated heterocycles. The second kappa shape index (κ2) is 10.3. The summed E-state index contributed by atoms with van der Waals surface area (Å²) in [4.78, 5) is 0. The van der Waals surface area contributed by atoms with Gasteiger partial charge in [-0.1, -0.05) is 51.1 Å². The molecule has 0 aliphatic rings. The van der Waals surface area contributed by atoms with E-state index in [9.17, 15) is 4.57 Å². The van der Waals surface area contributed by atoms with Gasteiger partial charge in [0.15, 0.2) is 0 Å². The minimum atomic E-state index is -3.06. The molecule has 0 aliphatic heterocycles. The molecule has 0 aromatic heterocycles. The Bertz CT molecular complexity index is 434. The lowest BCUT2D eigenvalue weighted by atomic mass is 10.2. The van der Waals surface area contributed by atoms with Crippen LogP contribution in [0.25, 0.3) is 0 Å². The molecule has 0 heterocycles. The first-order valence-electron chi connectivity index (χ1n) is 7.78. The molecular weight excluding hydrogens is 307 g/mol. The summed E-state index contributed by atoms with van der Waals surface area (Å²) in [5.74, 6) is 0.549. The van der Waals surface area contributed by atoms with Crippen LogP contribution < -0.4 is 4.52 Å². The molecule has 0 N–H and O–H groups in total. The van der Waals surface area contributed by atoms with Crippen molar-refractivity contribution < 1.29 is 13.6 Å². The van der Waals surface area contributed by atoms with E-state index in [1.807, 2.05) is 0 Å². The molecule has 1 atom stereocenters. The van der Waals surface area contributed by atoms with Gasteiger partial charge in [-0.25, -0.2) is 4.57 Å². The predicted octanol–water partition coefficient (Wildman–Crippen LogP) is 6.31. The Balaban J connectivity index is 2.55. The first kappa shape index (κ1) is 18.5. The van der Waals surface area contributed by atoms with Gasteiger partial charge in [-0.2, -0.15) is 0 Å². The third kappa shape index (κ3) is 7.90. The zero-order valence-corrected chi connectivity index (χ0v) is 14.7. The average molecular weight is 333 g/mol. The first-order valence-corrected chi connectivity index (χ1v) is 9.89. The molecule has 1 unspecified atom stereocenters. The summed E-state index contributed by atoms with van der Waals surface area (Å²) in [6, 6.07) is 6.90. The van der Waals surface area contributed by atoms with Gasteiger partial charge in [-0.15, -0.1) is 0 Å². The average Bonchev–Trinajstić information content (AvgIpc) is 2.48. The van der Waals surface area contributed by atoms with Gasteiger partial charge in [0.1, 0.15) is 5.75 Å². The minimum absolute atomic E-state index is 0.458. The van der Waals surface area contributed by atoms with Crippen LogP contribution in [0.4, 0.5) is 0 Å². The Hall–Kier alpha value is -0.500. The summed E-state index contributed by atoms with van der Waals surface area (Å²) in [7, 11) is -3.06. The summed E-state index contributed by atoms with van der Waals surface area (Å²) in [5, 5.41) is 0.631. The first-order chi connectivity index (χ1) is 10.1. The largest absolute Gasteiger partial charge is 0.424 e. The number of unbranched alkanes of at least 4 members (excludes halogenated alkanes) is 4. The highest BCUT2D eigenvalue weighted by molar-refractivity contribution is 7.54. The molecule has 0 amide bonds. The van der Waals surface area contributed by atoms with Crippen molar-refractivity contribution in [1.82, 2.24) is 0 Å². The maximum atomic E-state index is 12.8. The van der Waals surface area contributed by atoms with E-state index in [2.05, 4.69) is 13.8 Å². The van der Waals surface area contributed by atoms with E-state index in [0.29, 0.717) is 23.5 Å². The van der Waals surface area contributed by atoms with Crippen molar-refractivity contribution in [3.8, 4) is 5.75 Å². The van der Waals surface area contributed by atoms with Gasteiger partial charge >= 0.3 is 7.60 Å². The Labute approximate surface area is 133 Å². The summed E-state index contributed by atoms with van der Waals surface area (Å²) >= 11 is 5.84. The Kier molecular flexibility index (Phi) is 9.07. The number of hydrogen-bond acceptors (Lipinski definition) is 3. The molecule has 120 valence electrons. The van der Waals surface area contributed by atoms with Crippen molar-refractivity contribution >= 4 is 19.2 Å². The van der Waals surface area contributed by atoms with Crippen LogP contribution in [-0.2, 0) is 9.09 Å². The quantitative estimate of drug-likeness (QED) is 0.352. The highest BCUT2D eigenvalue weighted by atomic mass is 35.5.